The number of benzene rings is 1. The normalized spacial score (nSPS) is 20.7. The van der Waals surface area contributed by atoms with E-state index in [-0.39, 0.29) is 5.91 Å². The van der Waals surface area contributed by atoms with Gasteiger partial charge in [0.25, 0.3) is 0 Å². The van der Waals surface area contributed by atoms with E-state index in [0.717, 1.165) is 43.1 Å². The molecule has 0 spiro atoms. The third-order valence-electron chi connectivity index (χ3n) is 4.31. The Balaban J connectivity index is 1.61. The highest BCUT2D eigenvalue weighted by atomic mass is 16.6. The van der Waals surface area contributed by atoms with Gasteiger partial charge in [-0.2, -0.15) is 0 Å². The van der Waals surface area contributed by atoms with E-state index in [0.29, 0.717) is 19.1 Å². The third-order valence-corrected chi connectivity index (χ3v) is 4.31. The van der Waals surface area contributed by atoms with Crippen LogP contribution in [0.4, 0.5) is 0 Å². The Morgan fingerprint density at radius 2 is 2.17 bits per heavy atom. The van der Waals surface area contributed by atoms with E-state index >= 15 is 0 Å². The molecule has 0 radical (unpaired) electrons. The van der Waals surface area contributed by atoms with Crippen LogP contribution in [0.2, 0.25) is 0 Å². The molecule has 0 aliphatic carbocycles. The number of hydrogen-bond donors (Lipinski definition) is 1. The Hall–Kier alpha value is -2.01. The fourth-order valence-corrected chi connectivity index (χ4v) is 3.16. The lowest BCUT2D eigenvalue weighted by Crippen LogP contribution is -2.41. The first kappa shape index (κ1) is 15.9. The van der Waals surface area contributed by atoms with Crippen molar-refractivity contribution in [3.63, 3.8) is 0 Å². The highest BCUT2D eigenvalue weighted by Crippen LogP contribution is 2.31. The average Bonchev–Trinajstić information content (AvgIpc) is 2.60. The van der Waals surface area contributed by atoms with Gasteiger partial charge >= 0.3 is 0 Å². The number of likely N-dealkylation sites (tertiary alicyclic amines) is 1. The van der Waals surface area contributed by atoms with Crippen LogP contribution < -0.4 is 14.8 Å². The van der Waals surface area contributed by atoms with Crippen LogP contribution in [0.25, 0.3) is 6.08 Å². The van der Waals surface area contributed by atoms with E-state index in [1.807, 2.05) is 36.2 Å². The van der Waals surface area contributed by atoms with Crippen molar-refractivity contribution < 1.29 is 14.3 Å². The van der Waals surface area contributed by atoms with Gasteiger partial charge in [0.15, 0.2) is 11.5 Å². The molecule has 1 fully saturated rings. The Bertz CT molecular complexity index is 584. The number of amides is 1. The summed E-state index contributed by atoms with van der Waals surface area (Å²) in [6.07, 6.45) is 5.78. The van der Waals surface area contributed by atoms with Crippen LogP contribution in [0, 0.1) is 5.92 Å². The molecule has 124 valence electrons. The summed E-state index contributed by atoms with van der Waals surface area (Å²) >= 11 is 0. The molecule has 5 nitrogen and oxygen atoms in total. The summed E-state index contributed by atoms with van der Waals surface area (Å²) < 4.78 is 11.1. The minimum atomic E-state index is 0.0840. The van der Waals surface area contributed by atoms with E-state index < -0.39 is 0 Å². The average molecular weight is 316 g/mol. The van der Waals surface area contributed by atoms with Crippen LogP contribution in [-0.2, 0) is 4.79 Å². The lowest BCUT2D eigenvalue weighted by Gasteiger charge is -2.32. The molecule has 0 saturated carbocycles. The number of nitrogens with one attached hydrogen (secondary N) is 1. The van der Waals surface area contributed by atoms with Crippen molar-refractivity contribution >= 4 is 12.0 Å². The first-order valence-electron chi connectivity index (χ1n) is 8.27. The Morgan fingerprint density at radius 3 is 3.00 bits per heavy atom. The first-order chi connectivity index (χ1) is 11.3. The zero-order valence-electron chi connectivity index (χ0n) is 13.6. The molecular weight excluding hydrogens is 292 g/mol. The highest BCUT2D eigenvalue weighted by Gasteiger charge is 2.21. The van der Waals surface area contributed by atoms with Crippen molar-refractivity contribution in [3.8, 4) is 11.5 Å². The molecule has 0 aromatic heterocycles. The summed E-state index contributed by atoms with van der Waals surface area (Å²) in [5.74, 6) is 2.16. The van der Waals surface area contributed by atoms with Crippen molar-refractivity contribution in [2.45, 2.75) is 12.8 Å². The first-order valence-corrected chi connectivity index (χ1v) is 8.27. The summed E-state index contributed by atoms with van der Waals surface area (Å²) in [4.78, 5) is 14.3. The van der Waals surface area contributed by atoms with Gasteiger partial charge in [0.05, 0.1) is 0 Å². The zero-order valence-corrected chi connectivity index (χ0v) is 13.6. The molecule has 1 aromatic carbocycles. The van der Waals surface area contributed by atoms with E-state index in [1.54, 1.807) is 6.08 Å². The molecule has 2 aliphatic heterocycles. The molecule has 2 heterocycles. The van der Waals surface area contributed by atoms with Crippen molar-refractivity contribution in [1.29, 1.82) is 0 Å². The molecule has 0 bridgehead atoms. The number of ether oxygens (including phenoxy) is 2. The maximum Gasteiger partial charge on any atom is 0.246 e. The van der Waals surface area contributed by atoms with E-state index in [2.05, 4.69) is 5.32 Å². The van der Waals surface area contributed by atoms with Gasteiger partial charge in [-0.3, -0.25) is 4.79 Å². The van der Waals surface area contributed by atoms with Gasteiger partial charge < -0.3 is 19.7 Å². The lowest BCUT2D eigenvalue weighted by molar-refractivity contribution is -0.127. The molecule has 2 aliphatic rings. The van der Waals surface area contributed by atoms with Crippen molar-refractivity contribution in [1.82, 2.24) is 10.2 Å². The van der Waals surface area contributed by atoms with Crippen LogP contribution in [0.15, 0.2) is 24.3 Å². The second kappa shape index (κ2) is 7.51. The van der Waals surface area contributed by atoms with Gasteiger partial charge in [0.2, 0.25) is 5.91 Å². The van der Waals surface area contributed by atoms with Gasteiger partial charge in [-0.1, -0.05) is 6.07 Å². The molecule has 1 aromatic rings. The van der Waals surface area contributed by atoms with E-state index in [4.69, 9.17) is 9.47 Å². The number of carbonyl (C=O) groups is 1. The van der Waals surface area contributed by atoms with Gasteiger partial charge in [-0.15, -0.1) is 0 Å². The van der Waals surface area contributed by atoms with Gasteiger partial charge in [-0.25, -0.2) is 0 Å². The predicted molar refractivity (Wildman–Crippen MR) is 89.7 cm³/mol. The molecule has 23 heavy (non-hydrogen) atoms. The molecular formula is C18H24N2O3. The monoisotopic (exact) mass is 316 g/mol. The second-order valence-corrected chi connectivity index (χ2v) is 6.09. The SMILES string of the molecule is CNCC1CCCN(C(=O)/C=C/c2ccc3c(c2)OCCO3)C1. The molecule has 1 unspecified atom stereocenters. The molecule has 1 saturated heterocycles. The number of piperidine rings is 1. The summed E-state index contributed by atoms with van der Waals surface area (Å²) in [6, 6.07) is 5.75. The molecule has 1 atom stereocenters. The summed E-state index contributed by atoms with van der Waals surface area (Å²) in [5.41, 5.74) is 0.950. The van der Waals surface area contributed by atoms with E-state index in [1.165, 1.54) is 6.42 Å². The maximum atomic E-state index is 12.4. The number of rotatable bonds is 4. The van der Waals surface area contributed by atoms with Crippen molar-refractivity contribution in [3.05, 3.63) is 29.8 Å². The van der Waals surface area contributed by atoms with Gasteiger partial charge in [-0.05, 0) is 56.1 Å². The van der Waals surface area contributed by atoms with E-state index in [9.17, 15) is 4.79 Å². The molecule has 5 heteroatoms. The van der Waals surface area contributed by atoms with Gasteiger partial charge in [0, 0.05) is 19.2 Å². The minimum absolute atomic E-state index is 0.0840. The summed E-state index contributed by atoms with van der Waals surface area (Å²) in [7, 11) is 1.96. The summed E-state index contributed by atoms with van der Waals surface area (Å²) in [6.45, 7) is 3.81. The minimum Gasteiger partial charge on any atom is -0.486 e. The number of fused-ring (bicyclic) bond motifs is 1. The third kappa shape index (κ3) is 4.05. The van der Waals surface area contributed by atoms with Gasteiger partial charge in [0.1, 0.15) is 13.2 Å². The molecule has 3 rings (SSSR count). The van der Waals surface area contributed by atoms with Crippen LogP contribution >= 0.6 is 0 Å². The summed E-state index contributed by atoms with van der Waals surface area (Å²) in [5, 5.41) is 3.20. The Morgan fingerprint density at radius 1 is 1.35 bits per heavy atom. The smallest absolute Gasteiger partial charge is 0.246 e. The maximum absolute atomic E-state index is 12.4. The second-order valence-electron chi connectivity index (χ2n) is 6.09. The highest BCUT2D eigenvalue weighted by molar-refractivity contribution is 5.92. The molecule has 1 N–H and O–H groups in total. The number of nitrogens with zero attached hydrogens (tertiary/aromatic N) is 1. The Labute approximate surface area is 137 Å². The fraction of sp³-hybridized carbons (Fsp3) is 0.500. The number of hydrogen-bond acceptors (Lipinski definition) is 4. The standard InChI is InChI=1S/C18H24N2O3/c1-19-12-15-3-2-8-20(13-15)18(21)7-5-14-4-6-16-17(11-14)23-10-9-22-16/h4-7,11,15,19H,2-3,8-10,12-13H2,1H3/b7-5+. The largest absolute Gasteiger partial charge is 0.486 e. The van der Waals surface area contributed by atoms with Crippen molar-refractivity contribution in [2.75, 3.05) is 39.9 Å². The van der Waals surface area contributed by atoms with Crippen LogP contribution in [0.3, 0.4) is 0 Å². The predicted octanol–water partition coefficient (Wildman–Crippen LogP) is 1.93. The van der Waals surface area contributed by atoms with Crippen LogP contribution in [0.1, 0.15) is 18.4 Å². The quantitative estimate of drug-likeness (QED) is 0.863. The Kier molecular flexibility index (Phi) is 5.18. The van der Waals surface area contributed by atoms with Crippen molar-refractivity contribution in [2.24, 2.45) is 5.92 Å². The van der Waals surface area contributed by atoms with Crippen LogP contribution in [0.5, 0.6) is 11.5 Å². The molecule has 1 amide bonds. The zero-order chi connectivity index (χ0) is 16.1. The number of carbonyl (C=O) groups excluding carboxylic acids is 1. The lowest BCUT2D eigenvalue weighted by atomic mass is 9.98. The topological polar surface area (TPSA) is 50.8 Å². The van der Waals surface area contributed by atoms with Crippen LogP contribution in [-0.4, -0.2) is 50.7 Å². The fourth-order valence-electron chi connectivity index (χ4n) is 3.16.